The van der Waals surface area contributed by atoms with E-state index in [0.29, 0.717) is 13.0 Å². The highest BCUT2D eigenvalue weighted by Gasteiger charge is 2.18. The summed E-state index contributed by atoms with van der Waals surface area (Å²) in [6.45, 7) is 3.72. The van der Waals surface area contributed by atoms with Crippen LogP contribution in [0.4, 0.5) is 5.69 Å². The van der Waals surface area contributed by atoms with Crippen molar-refractivity contribution in [2.75, 3.05) is 24.5 Å². The third kappa shape index (κ3) is 3.83. The molecule has 1 saturated heterocycles. The zero-order valence-corrected chi connectivity index (χ0v) is 12.0. The van der Waals surface area contributed by atoms with Gasteiger partial charge in [0.05, 0.1) is 0 Å². The van der Waals surface area contributed by atoms with E-state index >= 15 is 0 Å². The van der Waals surface area contributed by atoms with E-state index in [1.165, 1.54) is 6.42 Å². The Hall–Kier alpha value is -1.84. The average Bonchev–Trinajstić information content (AvgIpc) is 2.49. The van der Waals surface area contributed by atoms with Crippen LogP contribution >= 0.6 is 0 Å². The molecule has 0 aliphatic carbocycles. The molecule has 108 valence electrons. The molecular weight excluding hydrogens is 252 g/mol. The van der Waals surface area contributed by atoms with Crippen molar-refractivity contribution in [1.82, 2.24) is 4.90 Å². The molecule has 0 atom stereocenters. The van der Waals surface area contributed by atoms with Crippen molar-refractivity contribution in [1.29, 1.82) is 0 Å². The number of nitrogens with zero attached hydrogens (tertiary/aromatic N) is 2. The fraction of sp³-hybridized carbons (Fsp3) is 0.500. The summed E-state index contributed by atoms with van der Waals surface area (Å²) in [6.07, 6.45) is 3.81. The van der Waals surface area contributed by atoms with Crippen molar-refractivity contribution in [3.8, 4) is 0 Å². The first kappa shape index (κ1) is 14.6. The number of rotatable bonds is 4. The van der Waals surface area contributed by atoms with Gasteiger partial charge in [0.2, 0.25) is 11.8 Å². The van der Waals surface area contributed by atoms with E-state index in [2.05, 4.69) is 0 Å². The number of anilines is 1. The van der Waals surface area contributed by atoms with E-state index in [0.717, 1.165) is 31.6 Å². The van der Waals surface area contributed by atoms with E-state index in [-0.39, 0.29) is 11.8 Å². The van der Waals surface area contributed by atoms with Gasteiger partial charge < -0.3 is 9.80 Å². The van der Waals surface area contributed by atoms with Gasteiger partial charge in [0.25, 0.3) is 0 Å². The summed E-state index contributed by atoms with van der Waals surface area (Å²) in [5.74, 6) is 0.134. The van der Waals surface area contributed by atoms with Crippen molar-refractivity contribution in [3.63, 3.8) is 0 Å². The lowest BCUT2D eigenvalue weighted by Gasteiger charge is -2.28. The van der Waals surface area contributed by atoms with Gasteiger partial charge in [-0.1, -0.05) is 18.2 Å². The molecule has 2 rings (SSSR count). The first-order valence-electron chi connectivity index (χ1n) is 7.29. The van der Waals surface area contributed by atoms with E-state index in [4.69, 9.17) is 0 Å². The molecule has 0 bridgehead atoms. The number of carbonyl (C=O) groups excluding carboxylic acids is 2. The van der Waals surface area contributed by atoms with Crippen molar-refractivity contribution in [3.05, 3.63) is 30.3 Å². The predicted octanol–water partition coefficient (Wildman–Crippen LogP) is 2.44. The second-order valence-corrected chi connectivity index (χ2v) is 5.20. The van der Waals surface area contributed by atoms with E-state index in [1.807, 2.05) is 35.2 Å². The molecule has 0 N–H and O–H groups in total. The maximum absolute atomic E-state index is 12.1. The number of carbonyl (C=O) groups is 2. The van der Waals surface area contributed by atoms with E-state index in [9.17, 15) is 9.59 Å². The first-order valence-corrected chi connectivity index (χ1v) is 7.29. The molecule has 0 radical (unpaired) electrons. The molecule has 4 nitrogen and oxygen atoms in total. The van der Waals surface area contributed by atoms with Crippen LogP contribution in [0, 0.1) is 0 Å². The summed E-state index contributed by atoms with van der Waals surface area (Å²) in [7, 11) is 0. The van der Waals surface area contributed by atoms with Gasteiger partial charge in [-0.25, -0.2) is 0 Å². The molecule has 1 fully saturated rings. The second kappa shape index (κ2) is 7.08. The monoisotopic (exact) mass is 274 g/mol. The predicted molar refractivity (Wildman–Crippen MR) is 79.5 cm³/mol. The number of piperidine rings is 1. The van der Waals surface area contributed by atoms with Gasteiger partial charge in [0, 0.05) is 38.7 Å². The zero-order chi connectivity index (χ0) is 14.4. The molecule has 20 heavy (non-hydrogen) atoms. The van der Waals surface area contributed by atoms with Crippen LogP contribution in [0.25, 0.3) is 0 Å². The molecule has 2 amide bonds. The minimum Gasteiger partial charge on any atom is -0.343 e. The highest BCUT2D eigenvalue weighted by Crippen LogP contribution is 2.15. The van der Waals surface area contributed by atoms with Crippen molar-refractivity contribution in [2.45, 2.75) is 32.6 Å². The number of para-hydroxylation sites is 1. The van der Waals surface area contributed by atoms with Crippen LogP contribution in [0.1, 0.15) is 32.6 Å². The van der Waals surface area contributed by atoms with E-state index in [1.54, 1.807) is 11.8 Å². The summed E-state index contributed by atoms with van der Waals surface area (Å²) in [6, 6.07) is 9.51. The average molecular weight is 274 g/mol. The number of likely N-dealkylation sites (tertiary alicyclic amines) is 1. The fourth-order valence-corrected chi connectivity index (χ4v) is 2.59. The largest absolute Gasteiger partial charge is 0.343 e. The summed E-state index contributed by atoms with van der Waals surface area (Å²) in [5, 5.41) is 0. The molecule has 1 aromatic rings. The van der Waals surface area contributed by atoms with Crippen LogP contribution in [0.15, 0.2) is 30.3 Å². The summed E-state index contributed by atoms with van der Waals surface area (Å²) in [4.78, 5) is 27.5. The van der Waals surface area contributed by atoms with Gasteiger partial charge in [0.15, 0.2) is 0 Å². The standard InChI is InChI=1S/C16H22N2O2/c1-14(19)18(15-8-4-2-5-9-15)13-10-16(20)17-11-6-3-7-12-17/h2,4-5,8-9H,3,6-7,10-13H2,1H3. The van der Waals surface area contributed by atoms with Gasteiger partial charge in [0.1, 0.15) is 0 Å². The van der Waals surface area contributed by atoms with Gasteiger partial charge in [-0.3, -0.25) is 9.59 Å². The maximum Gasteiger partial charge on any atom is 0.224 e. The summed E-state index contributed by atoms with van der Waals surface area (Å²) in [5.41, 5.74) is 0.853. The summed E-state index contributed by atoms with van der Waals surface area (Å²) >= 11 is 0. The lowest BCUT2D eigenvalue weighted by Crippen LogP contribution is -2.38. The molecule has 0 aromatic heterocycles. The van der Waals surface area contributed by atoms with Crippen LogP contribution < -0.4 is 4.90 Å². The highest BCUT2D eigenvalue weighted by atomic mass is 16.2. The van der Waals surface area contributed by atoms with E-state index < -0.39 is 0 Å². The van der Waals surface area contributed by atoms with Crippen molar-refractivity contribution < 1.29 is 9.59 Å². The van der Waals surface area contributed by atoms with Crippen LogP contribution in [0.2, 0.25) is 0 Å². The van der Waals surface area contributed by atoms with Crippen LogP contribution in [-0.4, -0.2) is 36.3 Å². The van der Waals surface area contributed by atoms with Crippen molar-refractivity contribution in [2.24, 2.45) is 0 Å². The third-order valence-corrected chi connectivity index (χ3v) is 3.71. The third-order valence-electron chi connectivity index (χ3n) is 3.71. The Labute approximate surface area is 120 Å². The zero-order valence-electron chi connectivity index (χ0n) is 12.0. The smallest absolute Gasteiger partial charge is 0.224 e. The maximum atomic E-state index is 12.1. The molecule has 4 heteroatoms. The molecule has 1 heterocycles. The highest BCUT2D eigenvalue weighted by molar-refractivity contribution is 5.92. The van der Waals surface area contributed by atoms with Crippen molar-refractivity contribution >= 4 is 17.5 Å². The summed E-state index contributed by atoms with van der Waals surface area (Å²) < 4.78 is 0. The van der Waals surface area contributed by atoms with Gasteiger partial charge in [-0.05, 0) is 31.4 Å². The quantitative estimate of drug-likeness (QED) is 0.846. The lowest BCUT2D eigenvalue weighted by molar-refractivity contribution is -0.131. The van der Waals surface area contributed by atoms with Gasteiger partial charge in [-0.2, -0.15) is 0 Å². The molecular formula is C16H22N2O2. The Balaban J connectivity index is 1.92. The Kier molecular flexibility index (Phi) is 5.16. The Morgan fingerprint density at radius 1 is 1.10 bits per heavy atom. The number of hydrogen-bond acceptors (Lipinski definition) is 2. The normalized spacial score (nSPS) is 14.9. The molecule has 0 unspecified atom stereocenters. The molecule has 0 spiro atoms. The SMILES string of the molecule is CC(=O)N(CCC(=O)N1CCCCC1)c1ccccc1. The Morgan fingerprint density at radius 2 is 1.75 bits per heavy atom. The molecule has 1 aliphatic heterocycles. The molecule has 0 saturated carbocycles. The first-order chi connectivity index (χ1) is 9.68. The fourth-order valence-electron chi connectivity index (χ4n) is 2.59. The second-order valence-electron chi connectivity index (χ2n) is 5.20. The van der Waals surface area contributed by atoms with Gasteiger partial charge >= 0.3 is 0 Å². The number of hydrogen-bond donors (Lipinski definition) is 0. The topological polar surface area (TPSA) is 40.6 Å². The minimum absolute atomic E-state index is 0.0253. The van der Waals surface area contributed by atoms with Crippen LogP contribution in [0.3, 0.4) is 0 Å². The lowest BCUT2D eigenvalue weighted by atomic mass is 10.1. The Morgan fingerprint density at radius 3 is 2.35 bits per heavy atom. The number of benzene rings is 1. The minimum atomic E-state index is -0.0253. The van der Waals surface area contributed by atoms with Crippen LogP contribution in [0.5, 0.6) is 0 Å². The molecule has 1 aromatic carbocycles. The van der Waals surface area contributed by atoms with Crippen LogP contribution in [-0.2, 0) is 9.59 Å². The molecule has 1 aliphatic rings. The Bertz CT molecular complexity index is 453. The number of amides is 2. The van der Waals surface area contributed by atoms with Gasteiger partial charge in [-0.15, -0.1) is 0 Å².